The number of phenols is 1. The lowest BCUT2D eigenvalue weighted by Gasteiger charge is -2.10. The highest BCUT2D eigenvalue weighted by molar-refractivity contribution is 7.92. The Kier molecular flexibility index (Phi) is 3.96. The van der Waals surface area contributed by atoms with Crippen molar-refractivity contribution >= 4 is 33.6 Å². The largest absolute Gasteiger partial charge is 0.505 e. The zero-order valence-electron chi connectivity index (χ0n) is 10.1. The second-order valence-corrected chi connectivity index (χ2v) is 6.04. The monoisotopic (exact) mass is 311 g/mol. The van der Waals surface area contributed by atoms with Gasteiger partial charge in [0.05, 0.1) is 16.1 Å². The van der Waals surface area contributed by atoms with E-state index in [4.69, 9.17) is 11.6 Å². The molecule has 0 aliphatic rings. The predicted octanol–water partition coefficient (Wildman–Crippen LogP) is 2.66. The molecule has 0 atom stereocenters. The first-order chi connectivity index (χ1) is 9.44. The van der Waals surface area contributed by atoms with E-state index in [1.54, 1.807) is 0 Å². The summed E-state index contributed by atoms with van der Waals surface area (Å²) in [5, 5.41) is 10.2. The fourth-order valence-electron chi connectivity index (χ4n) is 1.56. The van der Waals surface area contributed by atoms with E-state index in [9.17, 15) is 18.3 Å². The van der Waals surface area contributed by atoms with E-state index >= 15 is 0 Å². The lowest BCUT2D eigenvalue weighted by Crippen LogP contribution is -2.13. The maximum absolute atomic E-state index is 12.1. The summed E-state index contributed by atoms with van der Waals surface area (Å²) >= 11 is 5.69. The SMILES string of the molecule is O=Cc1cccc(NS(=O)(=O)c2ccc(Cl)cc2)c1O. The number of para-hydroxylation sites is 1. The summed E-state index contributed by atoms with van der Waals surface area (Å²) in [6.07, 6.45) is 0.440. The highest BCUT2D eigenvalue weighted by Crippen LogP contribution is 2.28. The number of aromatic hydroxyl groups is 1. The Balaban J connectivity index is 2.38. The fourth-order valence-corrected chi connectivity index (χ4v) is 2.75. The van der Waals surface area contributed by atoms with Crippen molar-refractivity contribution in [1.82, 2.24) is 0 Å². The van der Waals surface area contributed by atoms with Gasteiger partial charge in [-0.3, -0.25) is 9.52 Å². The van der Waals surface area contributed by atoms with E-state index < -0.39 is 15.8 Å². The van der Waals surface area contributed by atoms with Gasteiger partial charge in [0.2, 0.25) is 0 Å². The van der Waals surface area contributed by atoms with Gasteiger partial charge >= 0.3 is 0 Å². The van der Waals surface area contributed by atoms with Crippen molar-refractivity contribution < 1.29 is 18.3 Å². The predicted molar refractivity (Wildman–Crippen MR) is 75.8 cm³/mol. The number of sulfonamides is 1. The van der Waals surface area contributed by atoms with Gasteiger partial charge in [0, 0.05) is 5.02 Å². The molecule has 7 heteroatoms. The van der Waals surface area contributed by atoms with Crippen LogP contribution in [0.15, 0.2) is 47.4 Å². The van der Waals surface area contributed by atoms with Gasteiger partial charge in [0.15, 0.2) is 6.29 Å². The molecule has 2 aromatic carbocycles. The van der Waals surface area contributed by atoms with E-state index in [0.29, 0.717) is 11.3 Å². The maximum Gasteiger partial charge on any atom is 0.262 e. The van der Waals surface area contributed by atoms with Crippen molar-refractivity contribution in [3.8, 4) is 5.75 Å². The van der Waals surface area contributed by atoms with Crippen molar-refractivity contribution in [2.75, 3.05) is 4.72 Å². The van der Waals surface area contributed by atoms with Crippen molar-refractivity contribution in [2.45, 2.75) is 4.90 Å². The van der Waals surface area contributed by atoms with Gasteiger partial charge in [-0.2, -0.15) is 0 Å². The molecule has 0 bridgehead atoms. The van der Waals surface area contributed by atoms with Crippen LogP contribution in [0.2, 0.25) is 5.02 Å². The first-order valence-electron chi connectivity index (χ1n) is 5.49. The Morgan fingerprint density at radius 2 is 1.75 bits per heavy atom. The number of rotatable bonds is 4. The van der Waals surface area contributed by atoms with E-state index in [1.165, 1.54) is 42.5 Å². The van der Waals surface area contributed by atoms with Gasteiger partial charge in [-0.1, -0.05) is 17.7 Å². The van der Waals surface area contributed by atoms with Crippen LogP contribution in [0.25, 0.3) is 0 Å². The Morgan fingerprint density at radius 3 is 2.35 bits per heavy atom. The number of hydrogen-bond donors (Lipinski definition) is 2. The molecule has 2 N–H and O–H groups in total. The molecule has 0 radical (unpaired) electrons. The third kappa shape index (κ3) is 2.92. The van der Waals surface area contributed by atoms with Gasteiger partial charge in [-0.05, 0) is 36.4 Å². The number of aldehydes is 1. The molecule has 104 valence electrons. The molecular weight excluding hydrogens is 302 g/mol. The summed E-state index contributed by atoms with van der Waals surface area (Å²) in [6, 6.07) is 9.76. The lowest BCUT2D eigenvalue weighted by atomic mass is 10.2. The van der Waals surface area contributed by atoms with E-state index in [2.05, 4.69) is 4.72 Å². The topological polar surface area (TPSA) is 83.5 Å². The summed E-state index contributed by atoms with van der Waals surface area (Å²) in [4.78, 5) is 10.7. The van der Waals surface area contributed by atoms with Gasteiger partial charge < -0.3 is 5.11 Å². The summed E-state index contributed by atoms with van der Waals surface area (Å²) in [5.41, 5.74) is -0.0640. The van der Waals surface area contributed by atoms with Gasteiger partial charge in [-0.25, -0.2) is 8.42 Å². The lowest BCUT2D eigenvalue weighted by molar-refractivity contribution is 0.112. The van der Waals surface area contributed by atoms with Crippen LogP contribution in [0.3, 0.4) is 0 Å². The van der Waals surface area contributed by atoms with Crippen LogP contribution in [-0.4, -0.2) is 19.8 Å². The zero-order valence-corrected chi connectivity index (χ0v) is 11.6. The minimum absolute atomic E-state index is 0.00121. The number of benzene rings is 2. The van der Waals surface area contributed by atoms with Crippen LogP contribution < -0.4 is 4.72 Å². The molecule has 2 aromatic rings. The number of anilines is 1. The summed E-state index contributed by atoms with van der Waals surface area (Å²) in [5.74, 6) is -0.417. The molecule has 0 fully saturated rings. The van der Waals surface area contributed by atoms with Crippen molar-refractivity contribution in [3.63, 3.8) is 0 Å². The third-order valence-electron chi connectivity index (χ3n) is 2.56. The van der Waals surface area contributed by atoms with Crippen LogP contribution in [0.4, 0.5) is 5.69 Å². The molecule has 0 spiro atoms. The minimum Gasteiger partial charge on any atom is -0.505 e. The zero-order chi connectivity index (χ0) is 14.8. The highest BCUT2D eigenvalue weighted by Gasteiger charge is 2.17. The van der Waals surface area contributed by atoms with Gasteiger partial charge in [-0.15, -0.1) is 0 Å². The molecular formula is C13H10ClNO4S. The number of halogens is 1. The first-order valence-corrected chi connectivity index (χ1v) is 7.36. The van der Waals surface area contributed by atoms with Crippen LogP contribution >= 0.6 is 11.6 Å². The molecule has 2 rings (SSSR count). The average molecular weight is 312 g/mol. The van der Waals surface area contributed by atoms with Gasteiger partial charge in [0.1, 0.15) is 5.75 Å². The molecule has 0 unspecified atom stereocenters. The second kappa shape index (κ2) is 5.52. The Labute approximate surface area is 120 Å². The first kappa shape index (κ1) is 14.4. The normalized spacial score (nSPS) is 11.1. The summed E-state index contributed by atoms with van der Waals surface area (Å²) in [7, 11) is -3.86. The van der Waals surface area contributed by atoms with Gasteiger partial charge in [0.25, 0.3) is 10.0 Å². The highest BCUT2D eigenvalue weighted by atomic mass is 35.5. The summed E-state index contributed by atoms with van der Waals surface area (Å²) in [6.45, 7) is 0. The van der Waals surface area contributed by atoms with Crippen LogP contribution in [0, 0.1) is 0 Å². The Morgan fingerprint density at radius 1 is 1.10 bits per heavy atom. The molecule has 0 aromatic heterocycles. The van der Waals surface area contributed by atoms with E-state index in [1.807, 2.05) is 0 Å². The standard InChI is InChI=1S/C13H10ClNO4S/c14-10-4-6-11(7-5-10)20(18,19)15-12-3-1-2-9(8-16)13(12)17/h1-8,15,17H. The molecule has 0 saturated carbocycles. The Hall–Kier alpha value is -2.05. The molecule has 5 nitrogen and oxygen atoms in total. The molecule has 0 saturated heterocycles. The second-order valence-electron chi connectivity index (χ2n) is 3.92. The van der Waals surface area contributed by atoms with Crippen molar-refractivity contribution in [3.05, 3.63) is 53.1 Å². The quantitative estimate of drug-likeness (QED) is 0.671. The van der Waals surface area contributed by atoms with Crippen LogP contribution in [0.5, 0.6) is 5.75 Å². The van der Waals surface area contributed by atoms with E-state index in [-0.39, 0.29) is 16.1 Å². The number of carbonyl (C=O) groups is 1. The van der Waals surface area contributed by atoms with Crippen molar-refractivity contribution in [2.24, 2.45) is 0 Å². The fraction of sp³-hybridized carbons (Fsp3) is 0. The molecule has 20 heavy (non-hydrogen) atoms. The molecule has 0 amide bonds. The number of phenolic OH excluding ortho intramolecular Hbond substituents is 1. The average Bonchev–Trinajstić information content (AvgIpc) is 2.41. The summed E-state index contributed by atoms with van der Waals surface area (Å²) < 4.78 is 26.4. The third-order valence-corrected chi connectivity index (χ3v) is 4.20. The number of hydrogen-bond acceptors (Lipinski definition) is 4. The number of carbonyl (C=O) groups excluding carboxylic acids is 1. The molecule has 0 aliphatic carbocycles. The minimum atomic E-state index is -3.86. The van der Waals surface area contributed by atoms with Crippen LogP contribution in [-0.2, 0) is 10.0 Å². The maximum atomic E-state index is 12.1. The molecule has 0 aliphatic heterocycles. The number of nitrogens with one attached hydrogen (secondary N) is 1. The smallest absolute Gasteiger partial charge is 0.262 e. The van der Waals surface area contributed by atoms with E-state index in [0.717, 1.165) is 0 Å². The molecule has 0 heterocycles. The Bertz CT molecular complexity index is 741. The van der Waals surface area contributed by atoms with Crippen LogP contribution in [0.1, 0.15) is 10.4 Å². The van der Waals surface area contributed by atoms with Crippen molar-refractivity contribution in [1.29, 1.82) is 0 Å².